The average Bonchev–Trinajstić information content (AvgIpc) is 3.22. The van der Waals surface area contributed by atoms with Crippen LogP contribution in [0.4, 0.5) is 4.39 Å². The van der Waals surface area contributed by atoms with Crippen molar-refractivity contribution in [2.75, 3.05) is 32.8 Å². The van der Waals surface area contributed by atoms with Gasteiger partial charge in [0.05, 0.1) is 10.4 Å². The first-order valence-electron chi connectivity index (χ1n) is 8.49. The number of hydrogen-bond donors (Lipinski definition) is 0. The van der Waals surface area contributed by atoms with Crippen molar-refractivity contribution in [2.24, 2.45) is 0 Å². The van der Waals surface area contributed by atoms with Crippen molar-refractivity contribution in [1.82, 2.24) is 9.80 Å². The van der Waals surface area contributed by atoms with Crippen molar-refractivity contribution in [2.45, 2.75) is 6.92 Å². The molecule has 0 saturated carbocycles. The van der Waals surface area contributed by atoms with Crippen LogP contribution in [0.5, 0.6) is 0 Å². The van der Waals surface area contributed by atoms with Crippen molar-refractivity contribution in [3.05, 3.63) is 57.5 Å². The molecule has 0 bridgehead atoms. The van der Waals surface area contributed by atoms with Gasteiger partial charge in [-0.2, -0.15) is 0 Å². The highest BCUT2D eigenvalue weighted by atomic mass is 32.1. The maximum absolute atomic E-state index is 13.5. The van der Waals surface area contributed by atoms with Gasteiger partial charge in [0, 0.05) is 26.2 Å². The Morgan fingerprint density at radius 1 is 1.11 bits per heavy atom. The van der Waals surface area contributed by atoms with Crippen molar-refractivity contribution < 1.29 is 23.5 Å². The van der Waals surface area contributed by atoms with E-state index in [1.807, 2.05) is 11.4 Å². The van der Waals surface area contributed by atoms with Gasteiger partial charge in [-0.15, -0.1) is 11.3 Å². The van der Waals surface area contributed by atoms with E-state index >= 15 is 0 Å². The Labute approximate surface area is 160 Å². The predicted molar refractivity (Wildman–Crippen MR) is 98.2 cm³/mol. The van der Waals surface area contributed by atoms with Gasteiger partial charge in [0.15, 0.2) is 6.61 Å². The maximum atomic E-state index is 13.5. The number of aryl methyl sites for hydroxylation is 1. The monoisotopic (exact) mass is 390 g/mol. The predicted octanol–water partition coefficient (Wildman–Crippen LogP) is 2.34. The lowest BCUT2D eigenvalue weighted by atomic mass is 10.1. The number of nitrogens with zero attached hydrogens (tertiary/aromatic N) is 2. The normalized spacial score (nSPS) is 14.1. The number of rotatable bonds is 4. The minimum absolute atomic E-state index is 0.0371. The van der Waals surface area contributed by atoms with Gasteiger partial charge in [0.1, 0.15) is 5.82 Å². The number of amides is 2. The lowest BCUT2D eigenvalue weighted by Crippen LogP contribution is -2.51. The molecular weight excluding hydrogens is 371 g/mol. The largest absolute Gasteiger partial charge is 0.452 e. The van der Waals surface area contributed by atoms with E-state index in [4.69, 9.17) is 4.74 Å². The molecule has 6 nitrogen and oxygen atoms in total. The van der Waals surface area contributed by atoms with Crippen LogP contribution in [0, 0.1) is 12.7 Å². The molecule has 8 heteroatoms. The summed E-state index contributed by atoms with van der Waals surface area (Å²) in [6, 6.07) is 7.64. The molecule has 27 heavy (non-hydrogen) atoms. The molecule has 2 heterocycles. The van der Waals surface area contributed by atoms with Crippen LogP contribution in [0.25, 0.3) is 0 Å². The zero-order valence-electron chi connectivity index (χ0n) is 14.8. The van der Waals surface area contributed by atoms with Gasteiger partial charge < -0.3 is 14.5 Å². The Morgan fingerprint density at radius 2 is 1.81 bits per heavy atom. The Morgan fingerprint density at radius 3 is 2.44 bits per heavy atom. The van der Waals surface area contributed by atoms with Crippen LogP contribution in [0.1, 0.15) is 25.6 Å². The second-order valence-corrected chi connectivity index (χ2v) is 7.14. The van der Waals surface area contributed by atoms with Gasteiger partial charge in [-0.3, -0.25) is 9.59 Å². The molecule has 0 atom stereocenters. The number of carbonyl (C=O) groups is 3. The van der Waals surface area contributed by atoms with Gasteiger partial charge in [0.25, 0.3) is 11.8 Å². The Balaban J connectivity index is 1.47. The lowest BCUT2D eigenvalue weighted by molar-refractivity contribution is -0.136. The van der Waals surface area contributed by atoms with Crippen LogP contribution in [-0.2, 0) is 9.53 Å². The Bertz CT molecular complexity index is 845. The molecule has 2 aromatic rings. The van der Waals surface area contributed by atoms with Crippen molar-refractivity contribution >= 4 is 29.1 Å². The van der Waals surface area contributed by atoms with Crippen LogP contribution in [0.15, 0.2) is 35.7 Å². The number of benzene rings is 1. The van der Waals surface area contributed by atoms with E-state index in [2.05, 4.69) is 0 Å². The Hall–Kier alpha value is -2.74. The summed E-state index contributed by atoms with van der Waals surface area (Å²) in [5, 5.41) is 1.85. The molecule has 3 rings (SSSR count). The molecule has 0 aliphatic carbocycles. The average molecular weight is 390 g/mol. The van der Waals surface area contributed by atoms with Crippen LogP contribution in [0.3, 0.4) is 0 Å². The third kappa shape index (κ3) is 4.51. The fourth-order valence-corrected chi connectivity index (χ4v) is 3.43. The van der Waals surface area contributed by atoms with Gasteiger partial charge in [-0.25, -0.2) is 9.18 Å². The molecular formula is C19H19FN2O4S. The van der Waals surface area contributed by atoms with Crippen molar-refractivity contribution in [3.63, 3.8) is 0 Å². The number of ether oxygens (including phenoxy) is 1. The Kier molecular flexibility index (Phi) is 5.85. The fourth-order valence-electron chi connectivity index (χ4n) is 2.74. The molecule has 1 aliphatic heterocycles. The molecule has 1 aliphatic rings. The minimum atomic E-state index is -0.742. The van der Waals surface area contributed by atoms with E-state index in [0.717, 1.165) is 6.07 Å². The van der Waals surface area contributed by atoms with E-state index in [9.17, 15) is 18.8 Å². The summed E-state index contributed by atoms with van der Waals surface area (Å²) < 4.78 is 18.5. The molecule has 1 fully saturated rings. The minimum Gasteiger partial charge on any atom is -0.452 e. The van der Waals surface area contributed by atoms with Crippen LogP contribution < -0.4 is 0 Å². The second kappa shape index (κ2) is 8.30. The highest BCUT2D eigenvalue weighted by molar-refractivity contribution is 7.12. The van der Waals surface area contributed by atoms with E-state index in [-0.39, 0.29) is 17.4 Å². The van der Waals surface area contributed by atoms with E-state index in [1.165, 1.54) is 23.5 Å². The second-order valence-electron chi connectivity index (χ2n) is 6.19. The summed E-state index contributed by atoms with van der Waals surface area (Å²) in [6.45, 7) is 2.81. The molecule has 0 radical (unpaired) electrons. The number of thiophene rings is 1. The quantitative estimate of drug-likeness (QED) is 0.752. The maximum Gasteiger partial charge on any atom is 0.338 e. The van der Waals surface area contributed by atoms with Gasteiger partial charge in [0.2, 0.25) is 0 Å². The van der Waals surface area contributed by atoms with Crippen molar-refractivity contribution in [3.8, 4) is 0 Å². The van der Waals surface area contributed by atoms with E-state index < -0.39 is 18.4 Å². The number of esters is 1. The topological polar surface area (TPSA) is 66.9 Å². The first-order valence-corrected chi connectivity index (χ1v) is 9.37. The third-order valence-corrected chi connectivity index (χ3v) is 5.24. The molecule has 0 spiro atoms. The third-order valence-electron chi connectivity index (χ3n) is 4.39. The number of carbonyl (C=O) groups excluding carboxylic acids is 3. The van der Waals surface area contributed by atoms with Crippen molar-refractivity contribution in [1.29, 1.82) is 0 Å². The summed E-state index contributed by atoms with van der Waals surface area (Å²) in [7, 11) is 0. The highest BCUT2D eigenvalue weighted by Gasteiger charge is 2.26. The van der Waals surface area contributed by atoms with Gasteiger partial charge in [-0.1, -0.05) is 12.1 Å². The zero-order chi connectivity index (χ0) is 19.4. The molecule has 0 N–H and O–H groups in total. The first kappa shape index (κ1) is 19.0. The summed E-state index contributed by atoms with van der Waals surface area (Å²) >= 11 is 1.39. The summed E-state index contributed by atoms with van der Waals surface area (Å²) in [6.07, 6.45) is 0. The summed E-state index contributed by atoms with van der Waals surface area (Å²) in [5.41, 5.74) is 0.495. The smallest absolute Gasteiger partial charge is 0.338 e. The molecule has 1 aromatic carbocycles. The van der Waals surface area contributed by atoms with E-state index in [0.29, 0.717) is 36.6 Å². The number of halogens is 1. The number of hydrogen-bond acceptors (Lipinski definition) is 5. The molecule has 0 unspecified atom stereocenters. The summed E-state index contributed by atoms with van der Waals surface area (Å²) in [5.74, 6) is -1.61. The molecule has 1 aromatic heterocycles. The standard InChI is InChI=1S/C19H19FN2O4S/c1-13-4-5-14(11-15(13)20)19(25)26-12-17(23)21-6-8-22(9-7-21)18(24)16-3-2-10-27-16/h2-5,10-11H,6-9,12H2,1H3. The summed E-state index contributed by atoms with van der Waals surface area (Å²) in [4.78, 5) is 40.4. The van der Waals surface area contributed by atoms with Gasteiger partial charge in [-0.05, 0) is 36.1 Å². The van der Waals surface area contributed by atoms with Gasteiger partial charge >= 0.3 is 5.97 Å². The van der Waals surface area contributed by atoms with Crippen LogP contribution in [-0.4, -0.2) is 60.4 Å². The van der Waals surface area contributed by atoms with Crippen LogP contribution >= 0.6 is 11.3 Å². The zero-order valence-corrected chi connectivity index (χ0v) is 15.6. The highest BCUT2D eigenvalue weighted by Crippen LogP contribution is 2.14. The SMILES string of the molecule is Cc1ccc(C(=O)OCC(=O)N2CCN(C(=O)c3cccs3)CC2)cc1F. The molecule has 1 saturated heterocycles. The molecule has 142 valence electrons. The van der Waals surface area contributed by atoms with E-state index in [1.54, 1.807) is 22.8 Å². The lowest BCUT2D eigenvalue weighted by Gasteiger charge is -2.34. The first-order chi connectivity index (χ1) is 13.0. The fraction of sp³-hybridized carbons (Fsp3) is 0.316. The molecule has 2 amide bonds. The van der Waals surface area contributed by atoms with Crippen LogP contribution in [0.2, 0.25) is 0 Å². The number of piperazine rings is 1.